The molecule has 5 heteroatoms. The molecule has 2 unspecified atom stereocenters. The van der Waals surface area contributed by atoms with Gasteiger partial charge in [-0.2, -0.15) is 0 Å². The predicted molar refractivity (Wildman–Crippen MR) is 59.8 cm³/mol. The molecule has 0 aromatic heterocycles. The lowest BCUT2D eigenvalue weighted by Gasteiger charge is -2.21. The van der Waals surface area contributed by atoms with Crippen LogP contribution in [0.2, 0.25) is 0 Å². The molecular formula is C9H20N2O2S. The molecule has 0 saturated heterocycles. The molecule has 0 aromatic rings. The molecule has 0 spiro atoms. The Balaban J connectivity index is 3.81. The Morgan fingerprint density at radius 1 is 1.43 bits per heavy atom. The topological polar surface area (TPSA) is 58.2 Å². The average Bonchev–Trinajstić information content (AvgIpc) is 1.96. The van der Waals surface area contributed by atoms with Crippen LogP contribution in [0.5, 0.6) is 0 Å². The smallest absolute Gasteiger partial charge is 0.315 e. The normalized spacial score (nSPS) is 15.8. The second-order valence-corrected chi connectivity index (χ2v) is 6.20. The molecule has 0 heterocycles. The minimum Gasteiger partial charge on any atom is -0.337 e. The fraction of sp³-hybridized carbons (Fsp3) is 0.889. The van der Waals surface area contributed by atoms with Gasteiger partial charge in [0.2, 0.25) is 0 Å². The lowest BCUT2D eigenvalue weighted by Crippen LogP contribution is -2.48. The molecule has 0 aliphatic heterocycles. The van der Waals surface area contributed by atoms with Crippen LogP contribution in [-0.2, 0) is 10.8 Å². The second-order valence-electron chi connectivity index (χ2n) is 4.39. The molecule has 0 radical (unpaired) electrons. The summed E-state index contributed by atoms with van der Waals surface area (Å²) >= 11 is 0. The molecule has 0 bridgehead atoms. The van der Waals surface area contributed by atoms with Crippen LogP contribution in [0.15, 0.2) is 0 Å². The van der Waals surface area contributed by atoms with Crippen molar-refractivity contribution in [1.29, 1.82) is 0 Å². The van der Waals surface area contributed by atoms with Crippen molar-refractivity contribution in [1.82, 2.24) is 10.6 Å². The molecule has 0 rings (SSSR count). The summed E-state index contributed by atoms with van der Waals surface area (Å²) in [6, 6.07) is -0.213. The van der Waals surface area contributed by atoms with Crippen molar-refractivity contribution in [2.75, 3.05) is 12.8 Å². The number of nitrogens with one attached hydrogen (secondary N) is 2. The highest BCUT2D eigenvalue weighted by Gasteiger charge is 2.14. The molecule has 0 aliphatic carbocycles. The largest absolute Gasteiger partial charge is 0.337 e. The van der Waals surface area contributed by atoms with E-state index in [0.717, 1.165) is 0 Å². The summed E-state index contributed by atoms with van der Waals surface area (Å²) in [7, 11) is -0.892. The SMILES string of the molecule is CC(CNC(=O)NC(C)(C)C)S(C)=O. The zero-order valence-corrected chi connectivity index (χ0v) is 10.3. The molecule has 0 aliphatic rings. The second kappa shape index (κ2) is 5.34. The number of hydrogen-bond donors (Lipinski definition) is 2. The Kier molecular flexibility index (Phi) is 5.12. The van der Waals surface area contributed by atoms with Crippen molar-refractivity contribution in [3.63, 3.8) is 0 Å². The van der Waals surface area contributed by atoms with E-state index in [9.17, 15) is 9.00 Å². The van der Waals surface area contributed by atoms with E-state index in [1.807, 2.05) is 27.7 Å². The quantitative estimate of drug-likeness (QED) is 0.741. The monoisotopic (exact) mass is 220 g/mol. The standard InChI is InChI=1S/C9H20N2O2S/c1-7(14(5)13)6-10-8(12)11-9(2,3)4/h7H,6H2,1-5H3,(H2,10,11,12). The van der Waals surface area contributed by atoms with E-state index < -0.39 is 10.8 Å². The van der Waals surface area contributed by atoms with E-state index in [0.29, 0.717) is 6.54 Å². The molecule has 14 heavy (non-hydrogen) atoms. The number of urea groups is 1. The van der Waals surface area contributed by atoms with Crippen LogP contribution in [-0.4, -0.2) is 33.8 Å². The molecule has 2 N–H and O–H groups in total. The number of carbonyl (C=O) groups is 1. The van der Waals surface area contributed by atoms with Gasteiger partial charge in [0.1, 0.15) is 0 Å². The zero-order chi connectivity index (χ0) is 11.4. The minimum atomic E-state index is -0.892. The van der Waals surface area contributed by atoms with Crippen LogP contribution in [0.1, 0.15) is 27.7 Å². The van der Waals surface area contributed by atoms with E-state index >= 15 is 0 Å². The van der Waals surface area contributed by atoms with Crippen LogP contribution >= 0.6 is 0 Å². The molecule has 0 fully saturated rings. The molecule has 0 aromatic carbocycles. The predicted octanol–water partition coefficient (Wildman–Crippen LogP) is 0.851. The van der Waals surface area contributed by atoms with Gasteiger partial charge in [0, 0.05) is 34.4 Å². The van der Waals surface area contributed by atoms with Gasteiger partial charge in [0.05, 0.1) is 0 Å². The van der Waals surface area contributed by atoms with Gasteiger partial charge in [-0.1, -0.05) is 0 Å². The molecule has 4 nitrogen and oxygen atoms in total. The number of hydrogen-bond acceptors (Lipinski definition) is 2. The molecule has 0 saturated carbocycles. The maximum absolute atomic E-state index is 11.3. The van der Waals surface area contributed by atoms with Crippen molar-refractivity contribution in [2.45, 2.75) is 38.5 Å². The third kappa shape index (κ3) is 6.88. The fourth-order valence-corrected chi connectivity index (χ4v) is 1.06. The summed E-state index contributed by atoms with van der Waals surface area (Å²) in [5.74, 6) is 0. The van der Waals surface area contributed by atoms with E-state index in [1.165, 1.54) is 0 Å². The van der Waals surface area contributed by atoms with Gasteiger partial charge in [-0.05, 0) is 27.7 Å². The fourth-order valence-electron chi connectivity index (χ4n) is 0.739. The van der Waals surface area contributed by atoms with Gasteiger partial charge in [-0.3, -0.25) is 4.21 Å². The third-order valence-corrected chi connectivity index (χ3v) is 2.91. The first-order valence-corrected chi connectivity index (χ1v) is 6.23. The van der Waals surface area contributed by atoms with E-state index in [4.69, 9.17) is 0 Å². The molecule has 2 atom stereocenters. The Labute approximate surface area is 88.3 Å². The van der Waals surface area contributed by atoms with Crippen molar-refractivity contribution in [3.05, 3.63) is 0 Å². The Bertz CT molecular complexity index is 223. The summed E-state index contributed by atoms with van der Waals surface area (Å²) in [5, 5.41) is 5.43. The van der Waals surface area contributed by atoms with Crippen molar-refractivity contribution < 1.29 is 9.00 Å². The van der Waals surface area contributed by atoms with Gasteiger partial charge in [-0.25, -0.2) is 4.79 Å². The van der Waals surface area contributed by atoms with Crippen LogP contribution < -0.4 is 10.6 Å². The molecule has 84 valence electrons. The van der Waals surface area contributed by atoms with Crippen LogP contribution in [0.4, 0.5) is 4.79 Å². The third-order valence-electron chi connectivity index (χ3n) is 1.61. The first kappa shape index (κ1) is 13.4. The maximum Gasteiger partial charge on any atom is 0.315 e. The summed E-state index contributed by atoms with van der Waals surface area (Å²) in [6.07, 6.45) is 1.63. The summed E-state index contributed by atoms with van der Waals surface area (Å²) in [5.41, 5.74) is -0.237. The van der Waals surface area contributed by atoms with Crippen molar-refractivity contribution in [2.24, 2.45) is 0 Å². The Morgan fingerprint density at radius 3 is 2.29 bits per heavy atom. The zero-order valence-electron chi connectivity index (χ0n) is 9.51. The highest BCUT2D eigenvalue weighted by Crippen LogP contribution is 1.97. The van der Waals surface area contributed by atoms with Crippen molar-refractivity contribution >= 4 is 16.8 Å². The number of rotatable bonds is 3. The number of carbonyl (C=O) groups excluding carboxylic acids is 1. The van der Waals surface area contributed by atoms with Gasteiger partial charge >= 0.3 is 6.03 Å². The van der Waals surface area contributed by atoms with Crippen LogP contribution in [0.3, 0.4) is 0 Å². The highest BCUT2D eigenvalue weighted by atomic mass is 32.2. The highest BCUT2D eigenvalue weighted by molar-refractivity contribution is 7.84. The van der Waals surface area contributed by atoms with E-state index in [1.54, 1.807) is 6.26 Å². The molecule has 2 amide bonds. The van der Waals surface area contributed by atoms with E-state index in [2.05, 4.69) is 10.6 Å². The average molecular weight is 220 g/mol. The van der Waals surface area contributed by atoms with Gasteiger partial charge < -0.3 is 10.6 Å². The Morgan fingerprint density at radius 2 is 1.93 bits per heavy atom. The molecular weight excluding hydrogens is 200 g/mol. The summed E-state index contributed by atoms with van der Waals surface area (Å²) < 4.78 is 11.0. The lowest BCUT2D eigenvalue weighted by atomic mass is 10.1. The summed E-state index contributed by atoms with van der Waals surface area (Å²) in [4.78, 5) is 11.3. The van der Waals surface area contributed by atoms with Crippen LogP contribution in [0.25, 0.3) is 0 Å². The first-order valence-electron chi connectivity index (χ1n) is 4.60. The van der Waals surface area contributed by atoms with Gasteiger partial charge in [0.25, 0.3) is 0 Å². The van der Waals surface area contributed by atoms with Crippen molar-refractivity contribution in [3.8, 4) is 0 Å². The van der Waals surface area contributed by atoms with Gasteiger partial charge in [0.15, 0.2) is 0 Å². The lowest BCUT2D eigenvalue weighted by molar-refractivity contribution is 0.232. The minimum absolute atomic E-state index is 0.0132. The summed E-state index contributed by atoms with van der Waals surface area (Å²) in [6.45, 7) is 8.01. The first-order chi connectivity index (χ1) is 6.22. The number of amides is 2. The Hall–Kier alpha value is -0.580. The van der Waals surface area contributed by atoms with Gasteiger partial charge in [-0.15, -0.1) is 0 Å². The maximum atomic E-state index is 11.3. The van der Waals surface area contributed by atoms with E-state index in [-0.39, 0.29) is 16.8 Å². The van der Waals surface area contributed by atoms with Crippen LogP contribution in [0, 0.1) is 0 Å².